The van der Waals surface area contributed by atoms with Gasteiger partial charge >= 0.3 is 0 Å². The summed E-state index contributed by atoms with van der Waals surface area (Å²) >= 11 is 0. The molecule has 4 rings (SSSR count). The summed E-state index contributed by atoms with van der Waals surface area (Å²) < 4.78 is 0. The number of carbonyl (C=O) groups is 4. The predicted molar refractivity (Wildman–Crippen MR) is 99.8 cm³/mol. The summed E-state index contributed by atoms with van der Waals surface area (Å²) in [6.45, 7) is 1.40. The van der Waals surface area contributed by atoms with Crippen molar-refractivity contribution in [2.75, 3.05) is 0 Å². The first-order chi connectivity index (χ1) is 13.3. The van der Waals surface area contributed by atoms with E-state index in [9.17, 15) is 29.4 Å². The van der Waals surface area contributed by atoms with Crippen LogP contribution in [0.5, 0.6) is 0 Å². The van der Waals surface area contributed by atoms with Gasteiger partial charge in [0, 0.05) is 28.2 Å². The second kappa shape index (κ2) is 6.13. The Morgan fingerprint density at radius 1 is 0.571 bits per heavy atom. The molecule has 2 aliphatic rings. The molecule has 2 aromatic carbocycles. The Hall–Kier alpha value is -3.80. The lowest BCUT2D eigenvalue weighted by Crippen LogP contribution is -2.33. The Labute approximate surface area is 159 Å². The zero-order valence-electron chi connectivity index (χ0n) is 14.7. The number of rotatable bonds is 2. The lowest BCUT2D eigenvalue weighted by Gasteiger charge is -2.26. The standard InChI is InChI=1S/C22H14O6/c1-10(15-17(23)11-6-2-4-8-13(11)19(25)21(15)27)16-18(24)12-7-3-5-9-14(12)20(26)22(16)28/h2-10,23-24H,1H3. The highest BCUT2D eigenvalue weighted by Crippen LogP contribution is 2.39. The molecule has 0 aliphatic heterocycles. The zero-order valence-corrected chi connectivity index (χ0v) is 14.7. The van der Waals surface area contributed by atoms with Crippen molar-refractivity contribution >= 4 is 34.7 Å². The van der Waals surface area contributed by atoms with Crippen molar-refractivity contribution in [3.63, 3.8) is 0 Å². The summed E-state index contributed by atoms with van der Waals surface area (Å²) in [4.78, 5) is 50.2. The Kier molecular flexibility index (Phi) is 3.85. The Morgan fingerprint density at radius 2 is 0.893 bits per heavy atom. The van der Waals surface area contributed by atoms with Crippen molar-refractivity contribution in [2.24, 2.45) is 5.92 Å². The number of ketones is 4. The van der Waals surface area contributed by atoms with Crippen LogP contribution < -0.4 is 0 Å². The number of aliphatic hydroxyl groups excluding tert-OH is 2. The molecule has 0 saturated heterocycles. The summed E-state index contributed by atoms with van der Waals surface area (Å²) in [5.41, 5.74) is -0.157. The Balaban J connectivity index is 1.94. The van der Waals surface area contributed by atoms with Gasteiger partial charge in [-0.05, 0) is 0 Å². The van der Waals surface area contributed by atoms with E-state index in [1.54, 1.807) is 24.3 Å². The van der Waals surface area contributed by atoms with Gasteiger partial charge in [-0.1, -0.05) is 55.5 Å². The normalized spacial score (nSPS) is 16.6. The molecule has 0 saturated carbocycles. The molecule has 0 radical (unpaired) electrons. The third-order valence-corrected chi connectivity index (χ3v) is 5.13. The second-order valence-electron chi connectivity index (χ2n) is 6.65. The van der Waals surface area contributed by atoms with Gasteiger partial charge in [-0.2, -0.15) is 0 Å². The molecular weight excluding hydrogens is 360 g/mol. The third-order valence-electron chi connectivity index (χ3n) is 5.13. The van der Waals surface area contributed by atoms with Crippen LogP contribution >= 0.6 is 0 Å². The minimum absolute atomic E-state index is 0.0653. The highest BCUT2D eigenvalue weighted by Gasteiger charge is 2.42. The van der Waals surface area contributed by atoms with E-state index in [0.29, 0.717) is 0 Å². The van der Waals surface area contributed by atoms with Crippen molar-refractivity contribution in [1.29, 1.82) is 0 Å². The van der Waals surface area contributed by atoms with Gasteiger partial charge in [-0.25, -0.2) is 0 Å². The predicted octanol–water partition coefficient (Wildman–Crippen LogP) is 3.09. The number of carbonyl (C=O) groups excluding carboxylic acids is 4. The first-order valence-electron chi connectivity index (χ1n) is 8.57. The molecule has 0 unspecified atom stereocenters. The monoisotopic (exact) mass is 374 g/mol. The van der Waals surface area contributed by atoms with Crippen molar-refractivity contribution in [1.82, 2.24) is 0 Å². The van der Waals surface area contributed by atoms with E-state index < -0.39 is 40.6 Å². The number of Topliss-reactive ketones (excluding diaryl/α,β-unsaturated/α-hetero) is 4. The molecule has 0 amide bonds. The molecule has 0 fully saturated rings. The summed E-state index contributed by atoms with van der Waals surface area (Å²) in [7, 11) is 0. The van der Waals surface area contributed by atoms with Gasteiger partial charge in [0.25, 0.3) is 0 Å². The fraction of sp³-hybridized carbons (Fsp3) is 0.0909. The van der Waals surface area contributed by atoms with E-state index in [-0.39, 0.29) is 33.4 Å². The van der Waals surface area contributed by atoms with Gasteiger partial charge in [-0.3, -0.25) is 19.2 Å². The minimum Gasteiger partial charge on any atom is -0.507 e. The minimum atomic E-state index is -1.16. The van der Waals surface area contributed by atoms with Gasteiger partial charge in [0.05, 0.1) is 11.1 Å². The molecule has 6 nitrogen and oxygen atoms in total. The van der Waals surface area contributed by atoms with E-state index in [1.165, 1.54) is 31.2 Å². The van der Waals surface area contributed by atoms with Crippen LogP contribution in [-0.4, -0.2) is 33.3 Å². The molecular formula is C22H14O6. The second-order valence-corrected chi connectivity index (χ2v) is 6.65. The van der Waals surface area contributed by atoms with Gasteiger partial charge < -0.3 is 10.2 Å². The molecule has 2 aromatic rings. The summed E-state index contributed by atoms with van der Waals surface area (Å²) in [6.07, 6.45) is 0. The summed E-state index contributed by atoms with van der Waals surface area (Å²) in [5.74, 6) is -5.60. The van der Waals surface area contributed by atoms with Crippen LogP contribution in [0.1, 0.15) is 38.8 Å². The SMILES string of the molecule is CC(C1=C(O)c2ccccc2C(=O)C1=O)C1=C(O)c2ccccc2C(=O)C1=O. The van der Waals surface area contributed by atoms with Crippen LogP contribution in [0.25, 0.3) is 11.5 Å². The molecule has 2 aliphatic carbocycles. The number of allylic oxidation sites excluding steroid dienone is 2. The average molecular weight is 374 g/mol. The lowest BCUT2D eigenvalue weighted by molar-refractivity contribution is -0.112. The molecule has 0 aromatic heterocycles. The number of hydrogen-bond acceptors (Lipinski definition) is 6. The first-order valence-corrected chi connectivity index (χ1v) is 8.57. The number of hydrogen-bond donors (Lipinski definition) is 2. The van der Waals surface area contributed by atoms with E-state index in [4.69, 9.17) is 0 Å². The largest absolute Gasteiger partial charge is 0.507 e. The molecule has 2 N–H and O–H groups in total. The molecule has 0 heterocycles. The van der Waals surface area contributed by atoms with Crippen LogP contribution in [-0.2, 0) is 9.59 Å². The quantitative estimate of drug-likeness (QED) is 0.782. The van der Waals surface area contributed by atoms with Crippen molar-refractivity contribution in [3.8, 4) is 0 Å². The maximum Gasteiger partial charge on any atom is 0.234 e. The number of fused-ring (bicyclic) bond motifs is 2. The van der Waals surface area contributed by atoms with Gasteiger partial charge in [0.2, 0.25) is 23.1 Å². The topological polar surface area (TPSA) is 109 Å². The van der Waals surface area contributed by atoms with Crippen LogP contribution in [0.3, 0.4) is 0 Å². The maximum atomic E-state index is 12.7. The molecule has 28 heavy (non-hydrogen) atoms. The highest BCUT2D eigenvalue weighted by molar-refractivity contribution is 6.54. The fourth-order valence-electron chi connectivity index (χ4n) is 3.72. The zero-order chi connectivity index (χ0) is 20.2. The van der Waals surface area contributed by atoms with E-state index in [1.807, 2.05) is 0 Å². The fourth-order valence-corrected chi connectivity index (χ4v) is 3.72. The van der Waals surface area contributed by atoms with Crippen LogP contribution in [0.2, 0.25) is 0 Å². The maximum absolute atomic E-state index is 12.7. The molecule has 6 heteroatoms. The smallest absolute Gasteiger partial charge is 0.234 e. The third kappa shape index (κ3) is 2.28. The molecule has 0 atom stereocenters. The summed E-state index contributed by atoms with van der Waals surface area (Å²) in [5, 5.41) is 21.3. The Morgan fingerprint density at radius 3 is 1.25 bits per heavy atom. The number of aliphatic hydroxyl groups is 2. The highest BCUT2D eigenvalue weighted by atomic mass is 16.3. The molecule has 0 spiro atoms. The molecule has 138 valence electrons. The summed E-state index contributed by atoms with van der Waals surface area (Å²) in [6, 6.07) is 12.2. The first kappa shape index (κ1) is 17.6. The van der Waals surface area contributed by atoms with Gasteiger partial charge in [0.15, 0.2) is 0 Å². The van der Waals surface area contributed by atoms with Crippen LogP contribution in [0.4, 0.5) is 0 Å². The van der Waals surface area contributed by atoms with Crippen molar-refractivity contribution in [3.05, 3.63) is 81.9 Å². The van der Waals surface area contributed by atoms with E-state index >= 15 is 0 Å². The van der Waals surface area contributed by atoms with Crippen LogP contribution in [0, 0.1) is 5.92 Å². The van der Waals surface area contributed by atoms with E-state index in [0.717, 1.165) is 0 Å². The van der Waals surface area contributed by atoms with Gasteiger partial charge in [0.1, 0.15) is 11.5 Å². The van der Waals surface area contributed by atoms with Gasteiger partial charge in [-0.15, -0.1) is 0 Å². The van der Waals surface area contributed by atoms with E-state index in [2.05, 4.69) is 0 Å². The van der Waals surface area contributed by atoms with Crippen LogP contribution in [0.15, 0.2) is 59.7 Å². The average Bonchev–Trinajstić information content (AvgIpc) is 2.71. The Bertz CT molecular complexity index is 1070. The molecule has 0 bridgehead atoms. The lowest BCUT2D eigenvalue weighted by atomic mass is 9.75. The number of benzene rings is 2. The van der Waals surface area contributed by atoms with Crippen molar-refractivity contribution in [2.45, 2.75) is 6.92 Å². The van der Waals surface area contributed by atoms with Crippen molar-refractivity contribution < 1.29 is 29.4 Å².